The van der Waals surface area contributed by atoms with Crippen LogP contribution >= 0.6 is 15.9 Å². The second-order valence-electron chi connectivity index (χ2n) is 4.52. The van der Waals surface area contributed by atoms with Crippen LogP contribution in [0.1, 0.15) is 16.8 Å². The van der Waals surface area contributed by atoms with Crippen molar-refractivity contribution in [3.8, 4) is 5.75 Å². The summed E-state index contributed by atoms with van der Waals surface area (Å²) in [4.78, 5) is 18.5. The number of benzene rings is 1. The summed E-state index contributed by atoms with van der Waals surface area (Å²) in [5, 5.41) is 0. The third-order valence-electron chi connectivity index (χ3n) is 3.14. The average Bonchev–Trinajstić information content (AvgIpc) is 2.69. The standard InChI is InChI=1S/C15H13BrN2O2/c16-12-8-11(9-17-10-12)15(19)18-6-3-7-20-14-5-2-1-4-13(14)18/h1-2,4-5,8-10H,3,6-7H2. The maximum atomic E-state index is 12.7. The van der Waals surface area contributed by atoms with Gasteiger partial charge in [-0.05, 0) is 40.5 Å². The molecule has 0 atom stereocenters. The molecular formula is C15H13BrN2O2. The molecule has 0 aliphatic carbocycles. The van der Waals surface area contributed by atoms with Gasteiger partial charge in [-0.15, -0.1) is 0 Å². The first-order valence-corrected chi connectivity index (χ1v) is 7.19. The largest absolute Gasteiger partial charge is 0.491 e. The molecule has 0 unspecified atom stereocenters. The van der Waals surface area contributed by atoms with Gasteiger partial charge in [0.15, 0.2) is 0 Å². The molecule has 0 fully saturated rings. The molecule has 0 saturated carbocycles. The van der Waals surface area contributed by atoms with Gasteiger partial charge in [0.1, 0.15) is 5.75 Å². The van der Waals surface area contributed by atoms with E-state index in [2.05, 4.69) is 20.9 Å². The van der Waals surface area contributed by atoms with Gasteiger partial charge in [-0.25, -0.2) is 0 Å². The molecule has 2 aromatic rings. The zero-order chi connectivity index (χ0) is 13.9. The molecule has 1 amide bonds. The van der Waals surface area contributed by atoms with Crippen molar-refractivity contribution < 1.29 is 9.53 Å². The number of fused-ring (bicyclic) bond motifs is 1. The zero-order valence-corrected chi connectivity index (χ0v) is 12.3. The van der Waals surface area contributed by atoms with Crippen molar-refractivity contribution in [2.75, 3.05) is 18.1 Å². The van der Waals surface area contributed by atoms with E-state index in [0.29, 0.717) is 18.7 Å². The zero-order valence-electron chi connectivity index (χ0n) is 10.8. The summed E-state index contributed by atoms with van der Waals surface area (Å²) in [6, 6.07) is 9.40. The summed E-state index contributed by atoms with van der Waals surface area (Å²) >= 11 is 3.34. The van der Waals surface area contributed by atoms with Crippen LogP contribution in [-0.2, 0) is 0 Å². The molecule has 3 rings (SSSR count). The lowest BCUT2D eigenvalue weighted by molar-refractivity contribution is 0.0987. The predicted octanol–water partition coefficient (Wildman–Crippen LogP) is 3.27. The number of ether oxygens (including phenoxy) is 1. The SMILES string of the molecule is O=C(c1cncc(Br)c1)N1CCCOc2ccccc21. The van der Waals surface area contributed by atoms with Gasteiger partial charge in [-0.1, -0.05) is 12.1 Å². The van der Waals surface area contributed by atoms with Crippen molar-refractivity contribution in [3.63, 3.8) is 0 Å². The molecule has 0 spiro atoms. The lowest BCUT2D eigenvalue weighted by atomic mass is 10.2. The maximum Gasteiger partial charge on any atom is 0.259 e. The Morgan fingerprint density at radius 1 is 1.30 bits per heavy atom. The number of anilines is 1. The number of pyridine rings is 1. The quantitative estimate of drug-likeness (QED) is 0.804. The van der Waals surface area contributed by atoms with Gasteiger partial charge in [0.2, 0.25) is 0 Å². The summed E-state index contributed by atoms with van der Waals surface area (Å²) in [5.74, 6) is 0.693. The van der Waals surface area contributed by atoms with E-state index in [4.69, 9.17) is 4.74 Å². The summed E-state index contributed by atoms with van der Waals surface area (Å²) in [7, 11) is 0. The molecule has 1 aromatic heterocycles. The topological polar surface area (TPSA) is 42.4 Å². The predicted molar refractivity (Wildman–Crippen MR) is 80.2 cm³/mol. The van der Waals surface area contributed by atoms with Crippen molar-refractivity contribution in [1.82, 2.24) is 4.98 Å². The van der Waals surface area contributed by atoms with E-state index >= 15 is 0 Å². The van der Waals surface area contributed by atoms with Crippen LogP contribution in [0.15, 0.2) is 47.2 Å². The van der Waals surface area contributed by atoms with E-state index in [-0.39, 0.29) is 5.91 Å². The fraction of sp³-hybridized carbons (Fsp3) is 0.200. The molecule has 0 bridgehead atoms. The highest BCUT2D eigenvalue weighted by molar-refractivity contribution is 9.10. The number of rotatable bonds is 1. The second-order valence-corrected chi connectivity index (χ2v) is 5.43. The van der Waals surface area contributed by atoms with Crippen molar-refractivity contribution in [2.45, 2.75) is 6.42 Å². The van der Waals surface area contributed by atoms with Gasteiger partial charge >= 0.3 is 0 Å². The molecule has 20 heavy (non-hydrogen) atoms. The van der Waals surface area contributed by atoms with Crippen LogP contribution in [0, 0.1) is 0 Å². The lowest BCUT2D eigenvalue weighted by Gasteiger charge is -2.21. The Labute approximate surface area is 125 Å². The van der Waals surface area contributed by atoms with Crippen LogP contribution in [0.25, 0.3) is 0 Å². The summed E-state index contributed by atoms with van der Waals surface area (Å²) in [6.45, 7) is 1.26. The van der Waals surface area contributed by atoms with Crippen molar-refractivity contribution in [3.05, 3.63) is 52.8 Å². The van der Waals surface area contributed by atoms with E-state index in [0.717, 1.165) is 22.3 Å². The van der Waals surface area contributed by atoms with Gasteiger partial charge in [0, 0.05) is 23.4 Å². The summed E-state index contributed by atoms with van der Waals surface area (Å²) in [5.41, 5.74) is 1.38. The number of hydrogen-bond donors (Lipinski definition) is 0. The molecule has 0 N–H and O–H groups in total. The summed E-state index contributed by atoms with van der Waals surface area (Å²) in [6.07, 6.45) is 4.06. The minimum Gasteiger partial charge on any atom is -0.491 e. The van der Waals surface area contributed by atoms with E-state index < -0.39 is 0 Å². The third kappa shape index (κ3) is 2.54. The van der Waals surface area contributed by atoms with Crippen molar-refractivity contribution >= 4 is 27.5 Å². The van der Waals surface area contributed by atoms with Gasteiger partial charge in [0.25, 0.3) is 5.91 Å². The highest BCUT2D eigenvalue weighted by Crippen LogP contribution is 2.31. The molecule has 1 aromatic carbocycles. The Kier molecular flexibility index (Phi) is 3.69. The number of carbonyl (C=O) groups is 1. The van der Waals surface area contributed by atoms with Crippen molar-refractivity contribution in [1.29, 1.82) is 0 Å². The average molecular weight is 333 g/mol. The number of hydrogen-bond acceptors (Lipinski definition) is 3. The van der Waals surface area contributed by atoms with Crippen LogP contribution < -0.4 is 9.64 Å². The van der Waals surface area contributed by atoms with Gasteiger partial charge in [-0.3, -0.25) is 9.78 Å². The Morgan fingerprint density at radius 2 is 2.15 bits per heavy atom. The molecule has 1 aliphatic rings. The highest BCUT2D eigenvalue weighted by Gasteiger charge is 2.23. The molecule has 102 valence electrons. The highest BCUT2D eigenvalue weighted by atomic mass is 79.9. The Balaban J connectivity index is 1.99. The van der Waals surface area contributed by atoms with Crippen LogP contribution in [0.2, 0.25) is 0 Å². The minimum absolute atomic E-state index is 0.0586. The first-order chi connectivity index (χ1) is 9.75. The van der Waals surface area contributed by atoms with Gasteiger partial charge in [0.05, 0.1) is 17.9 Å². The Morgan fingerprint density at radius 3 is 3.00 bits per heavy atom. The number of amides is 1. The summed E-state index contributed by atoms with van der Waals surface area (Å²) < 4.78 is 6.46. The van der Waals surface area contributed by atoms with E-state index in [9.17, 15) is 4.79 Å². The number of nitrogens with zero attached hydrogens (tertiary/aromatic N) is 2. The smallest absolute Gasteiger partial charge is 0.259 e. The van der Waals surface area contributed by atoms with E-state index in [1.807, 2.05) is 24.3 Å². The first-order valence-electron chi connectivity index (χ1n) is 6.40. The van der Waals surface area contributed by atoms with Crippen LogP contribution in [-0.4, -0.2) is 24.0 Å². The Bertz CT molecular complexity index is 645. The maximum absolute atomic E-state index is 12.7. The number of halogens is 1. The van der Waals surface area contributed by atoms with Gasteiger partial charge in [-0.2, -0.15) is 0 Å². The molecule has 0 saturated heterocycles. The first kappa shape index (κ1) is 13.1. The van der Waals surface area contributed by atoms with E-state index in [1.54, 1.807) is 23.4 Å². The molecule has 0 radical (unpaired) electrons. The van der Waals surface area contributed by atoms with Crippen LogP contribution in [0.5, 0.6) is 5.75 Å². The normalized spacial score (nSPS) is 14.2. The third-order valence-corrected chi connectivity index (χ3v) is 3.57. The number of aromatic nitrogens is 1. The molecule has 2 heterocycles. The molecular weight excluding hydrogens is 320 g/mol. The van der Waals surface area contributed by atoms with Crippen molar-refractivity contribution in [2.24, 2.45) is 0 Å². The van der Waals surface area contributed by atoms with Crippen LogP contribution in [0.3, 0.4) is 0 Å². The Hall–Kier alpha value is -1.88. The molecule has 5 heteroatoms. The number of carbonyl (C=O) groups excluding carboxylic acids is 1. The lowest BCUT2D eigenvalue weighted by Crippen LogP contribution is -2.31. The van der Waals surface area contributed by atoms with Gasteiger partial charge < -0.3 is 9.64 Å². The molecule has 1 aliphatic heterocycles. The second kappa shape index (κ2) is 5.63. The molecule has 4 nitrogen and oxygen atoms in total. The van der Waals surface area contributed by atoms with E-state index in [1.165, 1.54) is 0 Å². The monoisotopic (exact) mass is 332 g/mol. The fourth-order valence-corrected chi connectivity index (χ4v) is 2.59. The minimum atomic E-state index is -0.0586. The number of para-hydroxylation sites is 2. The fourth-order valence-electron chi connectivity index (χ4n) is 2.22. The van der Waals surface area contributed by atoms with Crippen LogP contribution in [0.4, 0.5) is 5.69 Å².